The first-order chi connectivity index (χ1) is 18.3. The van der Waals surface area contributed by atoms with Crippen molar-refractivity contribution in [1.82, 2.24) is 15.5 Å². The molecule has 0 aromatic heterocycles. The third kappa shape index (κ3) is 5.52. The molecule has 0 saturated carbocycles. The molecule has 3 N–H and O–H groups in total. The van der Waals surface area contributed by atoms with E-state index in [9.17, 15) is 14.4 Å². The summed E-state index contributed by atoms with van der Waals surface area (Å²) in [5.41, 5.74) is 3.00. The molecule has 1 aliphatic carbocycles. The molecule has 3 aromatic rings. The van der Waals surface area contributed by atoms with Crippen molar-refractivity contribution in [2.45, 2.75) is 31.0 Å². The fraction of sp³-hybridized carbons (Fsp3) is 0.250. The molecule has 1 fully saturated rings. The number of piperazine rings is 1. The zero-order chi connectivity index (χ0) is 26.8. The van der Waals surface area contributed by atoms with Crippen molar-refractivity contribution >= 4 is 58.2 Å². The maximum Gasteiger partial charge on any atom is 0.322 e. The molecule has 3 aromatic carbocycles. The van der Waals surface area contributed by atoms with Crippen molar-refractivity contribution in [3.05, 3.63) is 98.5 Å². The molecule has 3 amide bonds. The summed E-state index contributed by atoms with van der Waals surface area (Å²) in [6.07, 6.45) is 1.63. The zero-order valence-corrected chi connectivity index (χ0v) is 22.5. The van der Waals surface area contributed by atoms with E-state index in [0.29, 0.717) is 27.8 Å². The standard InChI is InChI=1S/C28H25Cl3N4O3/c29-18-6-3-5-17(14-18)26(36)25-24(27(37)34-23-11-8-16-4-1-2-7-20(16)23)32-12-13-35(25)28(38)33-19-9-10-21(30)22(31)15-19/h1-7,9-10,14-15,23-25,32H,8,11-13H2,(H,33,38)(H,34,37)/t23-,24?,25?/m0/s1. The molecule has 1 heterocycles. The van der Waals surface area contributed by atoms with Crippen molar-refractivity contribution in [3.63, 3.8) is 0 Å². The van der Waals surface area contributed by atoms with Gasteiger partial charge in [-0.3, -0.25) is 9.59 Å². The first kappa shape index (κ1) is 26.5. The number of benzene rings is 3. The van der Waals surface area contributed by atoms with Crippen LogP contribution in [0.25, 0.3) is 0 Å². The van der Waals surface area contributed by atoms with Crippen LogP contribution >= 0.6 is 34.8 Å². The predicted molar refractivity (Wildman–Crippen MR) is 149 cm³/mol. The summed E-state index contributed by atoms with van der Waals surface area (Å²) >= 11 is 18.3. The number of anilines is 1. The van der Waals surface area contributed by atoms with Crippen molar-refractivity contribution in [2.75, 3.05) is 18.4 Å². The highest BCUT2D eigenvalue weighted by atomic mass is 35.5. The quantitative estimate of drug-likeness (QED) is 0.353. The van der Waals surface area contributed by atoms with Crippen LogP contribution in [0.15, 0.2) is 66.7 Å². The van der Waals surface area contributed by atoms with E-state index in [1.807, 2.05) is 18.2 Å². The monoisotopic (exact) mass is 570 g/mol. The number of halogens is 3. The number of hydrogen-bond donors (Lipinski definition) is 3. The van der Waals surface area contributed by atoms with E-state index in [1.165, 1.54) is 22.6 Å². The van der Waals surface area contributed by atoms with Gasteiger partial charge in [0.1, 0.15) is 12.1 Å². The molecule has 7 nitrogen and oxygen atoms in total. The molecule has 196 valence electrons. The van der Waals surface area contributed by atoms with E-state index in [-0.39, 0.29) is 23.5 Å². The zero-order valence-electron chi connectivity index (χ0n) is 20.2. The first-order valence-corrected chi connectivity index (χ1v) is 13.4. The van der Waals surface area contributed by atoms with Crippen LogP contribution in [0.2, 0.25) is 15.1 Å². The normalized spacial score (nSPS) is 20.5. The van der Waals surface area contributed by atoms with Gasteiger partial charge in [-0.05, 0) is 54.3 Å². The highest BCUT2D eigenvalue weighted by Crippen LogP contribution is 2.31. The largest absolute Gasteiger partial charge is 0.348 e. The van der Waals surface area contributed by atoms with E-state index >= 15 is 0 Å². The summed E-state index contributed by atoms with van der Waals surface area (Å²) in [7, 11) is 0. The topological polar surface area (TPSA) is 90.5 Å². The minimum atomic E-state index is -1.11. The molecule has 5 rings (SSSR count). The lowest BCUT2D eigenvalue weighted by atomic mass is 9.93. The van der Waals surface area contributed by atoms with Gasteiger partial charge in [0.05, 0.1) is 16.1 Å². The van der Waals surface area contributed by atoms with Gasteiger partial charge < -0.3 is 20.9 Å². The molecule has 10 heteroatoms. The molecule has 2 aliphatic rings. The highest BCUT2D eigenvalue weighted by molar-refractivity contribution is 6.42. The summed E-state index contributed by atoms with van der Waals surface area (Å²) in [6.45, 7) is 0.535. The lowest BCUT2D eigenvalue weighted by molar-refractivity contribution is -0.125. The van der Waals surface area contributed by atoms with Crippen LogP contribution in [0, 0.1) is 0 Å². The molecule has 3 atom stereocenters. The molecule has 1 aliphatic heterocycles. The third-order valence-electron chi connectivity index (χ3n) is 6.91. The fourth-order valence-corrected chi connectivity index (χ4v) is 5.57. The molecular weight excluding hydrogens is 547 g/mol. The number of ketones is 1. The Morgan fingerprint density at radius 2 is 1.74 bits per heavy atom. The molecule has 0 radical (unpaired) electrons. The van der Waals surface area contributed by atoms with Crippen molar-refractivity contribution in [2.24, 2.45) is 0 Å². The summed E-state index contributed by atoms with van der Waals surface area (Å²) in [5, 5.41) is 10.1. The molecule has 38 heavy (non-hydrogen) atoms. The molecule has 2 unspecified atom stereocenters. The van der Waals surface area contributed by atoms with Gasteiger partial charge in [0.25, 0.3) is 0 Å². The Kier molecular flexibility index (Phi) is 7.91. The van der Waals surface area contributed by atoms with E-state index in [0.717, 1.165) is 18.4 Å². The van der Waals surface area contributed by atoms with E-state index in [2.05, 4.69) is 22.0 Å². The van der Waals surface area contributed by atoms with E-state index in [4.69, 9.17) is 34.8 Å². The van der Waals surface area contributed by atoms with Gasteiger partial charge in [-0.25, -0.2) is 4.79 Å². The summed E-state index contributed by atoms with van der Waals surface area (Å²) in [6, 6.07) is 16.4. The van der Waals surface area contributed by atoms with Gasteiger partial charge in [-0.15, -0.1) is 0 Å². The molecule has 0 spiro atoms. The lowest BCUT2D eigenvalue weighted by Gasteiger charge is -2.40. The number of aryl methyl sites for hydroxylation is 1. The van der Waals surface area contributed by atoms with Gasteiger partial charge in [-0.1, -0.05) is 71.2 Å². The Morgan fingerprint density at radius 3 is 2.53 bits per heavy atom. The highest BCUT2D eigenvalue weighted by Gasteiger charge is 2.44. The Labute approximate surface area is 235 Å². The molecule has 1 saturated heterocycles. The second kappa shape index (κ2) is 11.3. The minimum Gasteiger partial charge on any atom is -0.348 e. The van der Waals surface area contributed by atoms with Crippen LogP contribution in [0.4, 0.5) is 10.5 Å². The van der Waals surface area contributed by atoms with Gasteiger partial charge >= 0.3 is 6.03 Å². The summed E-state index contributed by atoms with van der Waals surface area (Å²) in [4.78, 5) is 42.3. The number of Topliss-reactive ketones (excluding diaryl/α,β-unsaturated/α-hetero) is 1. The first-order valence-electron chi connectivity index (χ1n) is 12.3. The number of amides is 3. The average molecular weight is 572 g/mol. The Bertz CT molecular complexity index is 1400. The van der Waals surface area contributed by atoms with Crippen molar-refractivity contribution in [1.29, 1.82) is 0 Å². The number of hydrogen-bond acceptors (Lipinski definition) is 4. The number of carbonyl (C=O) groups is 3. The second-order valence-corrected chi connectivity index (χ2v) is 10.6. The molecular formula is C28H25Cl3N4O3. The maximum absolute atomic E-state index is 13.8. The smallest absolute Gasteiger partial charge is 0.322 e. The Morgan fingerprint density at radius 1 is 0.921 bits per heavy atom. The lowest BCUT2D eigenvalue weighted by Crippen LogP contribution is -2.67. The predicted octanol–water partition coefficient (Wildman–Crippen LogP) is 5.51. The Balaban J connectivity index is 1.43. The van der Waals surface area contributed by atoms with Crippen LogP contribution < -0.4 is 16.0 Å². The van der Waals surface area contributed by atoms with Crippen LogP contribution in [-0.2, 0) is 11.2 Å². The average Bonchev–Trinajstić information content (AvgIpc) is 3.32. The minimum absolute atomic E-state index is 0.164. The van der Waals surface area contributed by atoms with Gasteiger partial charge in [0, 0.05) is 29.4 Å². The third-order valence-corrected chi connectivity index (χ3v) is 7.88. The summed E-state index contributed by atoms with van der Waals surface area (Å²) in [5.74, 6) is -0.741. The van der Waals surface area contributed by atoms with Crippen LogP contribution in [0.1, 0.15) is 33.9 Å². The summed E-state index contributed by atoms with van der Waals surface area (Å²) < 4.78 is 0. The van der Waals surface area contributed by atoms with Crippen LogP contribution in [-0.4, -0.2) is 47.8 Å². The SMILES string of the molecule is O=C(N[C@H]1CCc2ccccc21)C1NCCN(C(=O)Nc2ccc(Cl)c(Cl)c2)C1C(=O)c1cccc(Cl)c1. The van der Waals surface area contributed by atoms with Gasteiger partial charge in [-0.2, -0.15) is 0 Å². The van der Waals surface area contributed by atoms with Crippen LogP contribution in [0.3, 0.4) is 0 Å². The number of nitrogens with zero attached hydrogens (tertiary/aromatic N) is 1. The van der Waals surface area contributed by atoms with Crippen LogP contribution in [0.5, 0.6) is 0 Å². The molecule has 0 bridgehead atoms. The van der Waals surface area contributed by atoms with Gasteiger partial charge in [0.15, 0.2) is 5.78 Å². The number of fused-ring (bicyclic) bond motifs is 1. The number of urea groups is 1. The number of carbonyl (C=O) groups excluding carboxylic acids is 3. The fourth-order valence-electron chi connectivity index (χ4n) is 5.08. The maximum atomic E-state index is 13.8. The van der Waals surface area contributed by atoms with Gasteiger partial charge in [0.2, 0.25) is 5.91 Å². The number of rotatable bonds is 5. The van der Waals surface area contributed by atoms with E-state index in [1.54, 1.807) is 30.3 Å². The Hall–Kier alpha value is -3.10. The van der Waals surface area contributed by atoms with Crippen molar-refractivity contribution < 1.29 is 14.4 Å². The second-order valence-electron chi connectivity index (χ2n) is 9.30. The van der Waals surface area contributed by atoms with Crippen molar-refractivity contribution in [3.8, 4) is 0 Å². The van der Waals surface area contributed by atoms with E-state index < -0.39 is 23.9 Å². The number of nitrogens with one attached hydrogen (secondary N) is 3.